The SMILES string of the molecule is N#C/C(=C\c1ccc(-c2ccc([N+](=O)[O-])cc2Br)o1)C(=O)Nc1ccccc1. The van der Waals surface area contributed by atoms with Crippen LogP contribution in [0.3, 0.4) is 0 Å². The maximum Gasteiger partial charge on any atom is 0.270 e. The summed E-state index contributed by atoms with van der Waals surface area (Å²) in [4.78, 5) is 22.6. The van der Waals surface area contributed by atoms with Crippen molar-refractivity contribution in [3.63, 3.8) is 0 Å². The van der Waals surface area contributed by atoms with Crippen molar-refractivity contribution in [3.05, 3.63) is 86.6 Å². The number of nitrogens with zero attached hydrogens (tertiary/aromatic N) is 2. The van der Waals surface area contributed by atoms with Crippen LogP contribution in [0.2, 0.25) is 0 Å². The molecule has 0 aliphatic carbocycles. The average molecular weight is 438 g/mol. The molecule has 1 amide bonds. The Labute approximate surface area is 168 Å². The molecule has 3 rings (SSSR count). The molecule has 3 aromatic rings. The fourth-order valence-electron chi connectivity index (χ4n) is 2.40. The van der Waals surface area contributed by atoms with Gasteiger partial charge in [-0.3, -0.25) is 14.9 Å². The molecule has 8 heteroatoms. The minimum absolute atomic E-state index is 0.0494. The first-order valence-corrected chi connectivity index (χ1v) is 8.79. The van der Waals surface area contributed by atoms with Crippen LogP contribution in [0.5, 0.6) is 0 Å². The molecule has 0 saturated carbocycles. The van der Waals surface area contributed by atoms with E-state index < -0.39 is 10.8 Å². The first-order chi connectivity index (χ1) is 13.5. The summed E-state index contributed by atoms with van der Waals surface area (Å²) in [5, 5.41) is 22.8. The standard InChI is InChI=1S/C20H12BrN3O4/c21-18-11-15(24(26)27)6-8-17(18)19-9-7-16(28-19)10-13(12-22)20(25)23-14-4-2-1-3-5-14/h1-11H,(H,23,25)/b13-10+. The smallest absolute Gasteiger partial charge is 0.270 e. The molecule has 28 heavy (non-hydrogen) atoms. The number of amides is 1. The van der Waals surface area contributed by atoms with Crippen molar-refractivity contribution >= 4 is 39.3 Å². The average Bonchev–Trinajstić information content (AvgIpc) is 3.15. The number of carbonyl (C=O) groups is 1. The van der Waals surface area contributed by atoms with Crippen LogP contribution in [0.1, 0.15) is 5.76 Å². The molecule has 0 aliphatic rings. The Kier molecular flexibility index (Phi) is 5.67. The maximum atomic E-state index is 12.3. The van der Waals surface area contributed by atoms with Gasteiger partial charge in [-0.25, -0.2) is 0 Å². The minimum atomic E-state index is -0.553. The third-order valence-electron chi connectivity index (χ3n) is 3.74. The number of benzene rings is 2. The number of halogens is 1. The van der Waals surface area contributed by atoms with Gasteiger partial charge in [0.25, 0.3) is 11.6 Å². The lowest BCUT2D eigenvalue weighted by Crippen LogP contribution is -2.13. The van der Waals surface area contributed by atoms with Gasteiger partial charge < -0.3 is 9.73 Å². The molecule has 2 aromatic carbocycles. The Balaban J connectivity index is 1.83. The van der Waals surface area contributed by atoms with Gasteiger partial charge in [0.15, 0.2) is 0 Å². The van der Waals surface area contributed by atoms with Crippen LogP contribution in [0.25, 0.3) is 17.4 Å². The summed E-state index contributed by atoms with van der Waals surface area (Å²) < 4.78 is 6.17. The van der Waals surface area contributed by atoms with Crippen molar-refractivity contribution in [1.82, 2.24) is 0 Å². The second-order valence-electron chi connectivity index (χ2n) is 5.61. The first-order valence-electron chi connectivity index (χ1n) is 8.00. The molecule has 7 nitrogen and oxygen atoms in total. The molecule has 0 aliphatic heterocycles. The number of furan rings is 1. The second-order valence-corrected chi connectivity index (χ2v) is 6.47. The molecule has 0 bridgehead atoms. The number of anilines is 1. The first kappa shape index (κ1) is 19.1. The summed E-state index contributed by atoms with van der Waals surface area (Å²) in [7, 11) is 0. The summed E-state index contributed by atoms with van der Waals surface area (Å²) in [5.74, 6) is 0.192. The van der Waals surface area contributed by atoms with Gasteiger partial charge in [0.1, 0.15) is 23.2 Å². The predicted octanol–water partition coefficient (Wildman–Crippen LogP) is 5.16. The molecule has 138 valence electrons. The summed E-state index contributed by atoms with van der Waals surface area (Å²) in [6, 6.07) is 18.2. The van der Waals surface area contributed by atoms with Gasteiger partial charge in [0, 0.05) is 33.9 Å². The normalized spacial score (nSPS) is 10.9. The van der Waals surface area contributed by atoms with E-state index in [2.05, 4.69) is 21.2 Å². The Morgan fingerprint density at radius 2 is 1.93 bits per heavy atom. The Morgan fingerprint density at radius 3 is 2.57 bits per heavy atom. The van der Waals surface area contributed by atoms with Crippen LogP contribution in [0, 0.1) is 21.4 Å². The van der Waals surface area contributed by atoms with Gasteiger partial charge in [-0.15, -0.1) is 0 Å². The van der Waals surface area contributed by atoms with E-state index in [1.807, 2.05) is 12.1 Å². The summed E-state index contributed by atoms with van der Waals surface area (Å²) >= 11 is 3.29. The van der Waals surface area contributed by atoms with Crippen molar-refractivity contribution in [2.75, 3.05) is 5.32 Å². The van der Waals surface area contributed by atoms with E-state index in [0.29, 0.717) is 27.2 Å². The summed E-state index contributed by atoms with van der Waals surface area (Å²) in [6.45, 7) is 0. The highest BCUT2D eigenvalue weighted by Crippen LogP contribution is 2.33. The number of nitro groups is 1. The van der Waals surface area contributed by atoms with Gasteiger partial charge in [0.05, 0.1) is 4.92 Å². The van der Waals surface area contributed by atoms with Gasteiger partial charge in [-0.1, -0.05) is 18.2 Å². The highest BCUT2D eigenvalue weighted by atomic mass is 79.9. The lowest BCUT2D eigenvalue weighted by atomic mass is 10.1. The number of hydrogen-bond acceptors (Lipinski definition) is 5. The third kappa shape index (κ3) is 4.34. The molecular formula is C20H12BrN3O4. The highest BCUT2D eigenvalue weighted by molar-refractivity contribution is 9.10. The fraction of sp³-hybridized carbons (Fsp3) is 0. The number of rotatable bonds is 5. The lowest BCUT2D eigenvalue weighted by Gasteiger charge is -2.03. The molecule has 0 fully saturated rings. The number of nitrogens with one attached hydrogen (secondary N) is 1. The Bertz CT molecular complexity index is 1110. The monoisotopic (exact) mass is 437 g/mol. The zero-order valence-electron chi connectivity index (χ0n) is 14.3. The number of para-hydroxylation sites is 1. The molecule has 0 spiro atoms. The maximum absolute atomic E-state index is 12.3. The Hall–Kier alpha value is -3.70. The van der Waals surface area contributed by atoms with Crippen LogP contribution in [-0.2, 0) is 4.79 Å². The molecule has 0 unspecified atom stereocenters. The lowest BCUT2D eigenvalue weighted by molar-refractivity contribution is -0.384. The highest BCUT2D eigenvalue weighted by Gasteiger charge is 2.14. The molecule has 1 aromatic heterocycles. The van der Waals surface area contributed by atoms with Crippen molar-refractivity contribution < 1.29 is 14.1 Å². The quantitative estimate of drug-likeness (QED) is 0.256. The van der Waals surface area contributed by atoms with E-state index >= 15 is 0 Å². The van der Waals surface area contributed by atoms with Crippen molar-refractivity contribution in [1.29, 1.82) is 5.26 Å². The number of nitro benzene ring substituents is 1. The number of nitriles is 1. The van der Waals surface area contributed by atoms with E-state index in [9.17, 15) is 20.2 Å². The molecule has 1 heterocycles. The van der Waals surface area contributed by atoms with Gasteiger partial charge >= 0.3 is 0 Å². The van der Waals surface area contributed by atoms with Crippen molar-refractivity contribution in [2.24, 2.45) is 0 Å². The fourth-order valence-corrected chi connectivity index (χ4v) is 2.97. The van der Waals surface area contributed by atoms with Crippen molar-refractivity contribution in [3.8, 4) is 17.4 Å². The molecule has 0 saturated heterocycles. The summed E-state index contributed by atoms with van der Waals surface area (Å²) in [5.41, 5.74) is 1.01. The number of non-ortho nitro benzene ring substituents is 1. The number of hydrogen-bond donors (Lipinski definition) is 1. The molecule has 1 N–H and O–H groups in total. The van der Waals surface area contributed by atoms with Crippen LogP contribution in [-0.4, -0.2) is 10.8 Å². The van der Waals surface area contributed by atoms with Crippen LogP contribution in [0.4, 0.5) is 11.4 Å². The zero-order valence-corrected chi connectivity index (χ0v) is 15.8. The van der Waals surface area contributed by atoms with Gasteiger partial charge in [0.2, 0.25) is 0 Å². The van der Waals surface area contributed by atoms with E-state index in [0.717, 1.165) is 0 Å². The Morgan fingerprint density at radius 1 is 1.18 bits per heavy atom. The largest absolute Gasteiger partial charge is 0.457 e. The van der Waals surface area contributed by atoms with Crippen LogP contribution in [0.15, 0.2) is 75.1 Å². The molecular weight excluding hydrogens is 426 g/mol. The summed E-state index contributed by atoms with van der Waals surface area (Å²) in [6.07, 6.45) is 1.33. The number of carbonyl (C=O) groups excluding carboxylic acids is 1. The zero-order chi connectivity index (χ0) is 20.1. The van der Waals surface area contributed by atoms with E-state index in [4.69, 9.17) is 4.42 Å². The van der Waals surface area contributed by atoms with Crippen LogP contribution < -0.4 is 5.32 Å². The minimum Gasteiger partial charge on any atom is -0.457 e. The topological polar surface area (TPSA) is 109 Å². The van der Waals surface area contributed by atoms with E-state index in [1.165, 1.54) is 18.2 Å². The van der Waals surface area contributed by atoms with Gasteiger partial charge in [-0.05, 0) is 46.3 Å². The van der Waals surface area contributed by atoms with Gasteiger partial charge in [-0.2, -0.15) is 5.26 Å². The van der Waals surface area contributed by atoms with E-state index in [-0.39, 0.29) is 11.3 Å². The molecule has 0 atom stereocenters. The van der Waals surface area contributed by atoms with Crippen LogP contribution >= 0.6 is 15.9 Å². The van der Waals surface area contributed by atoms with E-state index in [1.54, 1.807) is 42.5 Å². The van der Waals surface area contributed by atoms with Crippen molar-refractivity contribution in [2.45, 2.75) is 0 Å². The second kappa shape index (κ2) is 8.33. The predicted molar refractivity (Wildman–Crippen MR) is 107 cm³/mol. The molecule has 0 radical (unpaired) electrons. The third-order valence-corrected chi connectivity index (χ3v) is 4.40.